The van der Waals surface area contributed by atoms with E-state index >= 15 is 0 Å². The number of ether oxygens (including phenoxy) is 4. The molecule has 142 heavy (non-hydrogen) atoms. The van der Waals surface area contributed by atoms with Gasteiger partial charge in [-0.2, -0.15) is 0 Å². The summed E-state index contributed by atoms with van der Waals surface area (Å²) >= 11 is 48.5. The molecule has 2 saturated heterocycles. The number of carbonyl (C=O) groups excluding carboxylic acids is 8. The number of piperidine rings is 1. The largest absolute Gasteiger partial charge is 0.492 e. The van der Waals surface area contributed by atoms with E-state index < -0.39 is 47.3 Å². The summed E-state index contributed by atoms with van der Waals surface area (Å²) in [7, 11) is 5.52. The fourth-order valence-corrected chi connectivity index (χ4v) is 15.8. The molecule has 11 N–H and O–H groups in total. The van der Waals surface area contributed by atoms with Gasteiger partial charge in [-0.05, 0) is 181 Å². The van der Waals surface area contributed by atoms with Crippen molar-refractivity contribution in [2.75, 3.05) is 129 Å². The molecule has 40 heteroatoms. The van der Waals surface area contributed by atoms with E-state index in [1.165, 1.54) is 61.5 Å². The highest BCUT2D eigenvalue weighted by molar-refractivity contribution is 6.35. The van der Waals surface area contributed by atoms with Crippen molar-refractivity contribution in [3.05, 3.63) is 326 Å². The van der Waals surface area contributed by atoms with Gasteiger partial charge in [0.05, 0.1) is 98.1 Å². The predicted molar refractivity (Wildman–Crippen MR) is 561 cm³/mol. The Hall–Kier alpha value is -14.5. The fraction of sp³-hybridized carbons (Fsp3) is 0.216. The SMILES string of the molecule is CCOc1cc(Cl)cc(C(=O)Nc2ccc(Cl)cn2)c1NC(=O)c1ccc(C(=N)N(C)C)cc1.CCOc1cc(Cl)cc(C(=O)Nc2ccc(Cl)cn2)c1NC(=O)c1ccc(C(=N)N2CCCC2)cc1.CCOc1cc(Cl)cc(C(=O)Nc2ccc(Cl)cn2)c1NC(=O)c1ccc(C(=N)N2CCCCC2)cc1.CCOc1cc(Cl)cc(C(=O)Nc2ccc(Cl)cn2)c1NC(=O)c1ccc(C2=NCCN2C)cc1. The second kappa shape index (κ2) is 51.1. The number of halogens is 8. The van der Waals surface area contributed by atoms with Gasteiger partial charge in [-0.1, -0.05) is 141 Å². The van der Waals surface area contributed by atoms with Crippen LogP contribution in [0.15, 0.2) is 224 Å². The van der Waals surface area contributed by atoms with Gasteiger partial charge >= 0.3 is 0 Å². The van der Waals surface area contributed by atoms with E-state index in [2.05, 4.69) is 77.3 Å². The minimum absolute atomic E-state index is 0.104. The standard InChI is InChI=1S/C27H27Cl2N5O3.C26H25Cl2N5O3.C25H23Cl2N5O3.C24H23Cl2N5O3/c1-2-37-22-15-20(29)14-21(27(36)32-23-11-10-19(28)16-31-23)24(22)33-26(35)18-8-6-17(7-9-18)25(30)34-12-4-3-5-13-34;1-2-36-21-14-19(28)13-20(26(35)31-22-10-9-18(27)15-30-22)23(21)32-25(34)17-7-5-16(6-8-17)24(29)33-11-3-4-12-33;1-3-35-20-13-18(27)12-19(25(34)30-21-9-8-17(26)14-29-21)22(20)31-24(33)16-6-4-15(5-7-16)23-28-10-11-32(23)2;1-4-34-19-12-17(26)11-18(24(33)29-20-10-9-16(25)13-28-20)21(19)30-23(32)15-7-5-14(6-8-15)22(27)31(2)3/h6-11,14-16,30H,2-5,12-13H2,1H3,(H,33,35)(H,31,32,36);5-10,13-15,29H,2-4,11-12H2,1H3,(H,32,34)(H,30,31,35);4-9,12-14H,3,10-11H2,1-2H3,(H,31,33)(H,29,30,34);5-13,27H,4H2,1-3H3,(H,30,32)(H,28,29,33). The van der Waals surface area contributed by atoms with Gasteiger partial charge in [-0.3, -0.25) is 59.6 Å². The third-order valence-corrected chi connectivity index (χ3v) is 23.3. The van der Waals surface area contributed by atoms with Gasteiger partial charge in [0.15, 0.2) is 0 Å². The van der Waals surface area contributed by atoms with Crippen molar-refractivity contribution in [2.45, 2.75) is 59.8 Å². The lowest BCUT2D eigenvalue weighted by molar-refractivity contribution is 0.101. The Balaban J connectivity index is 0.000000169. The Morgan fingerprint density at radius 3 is 0.810 bits per heavy atom. The van der Waals surface area contributed by atoms with E-state index in [1.807, 2.05) is 24.1 Å². The molecule has 2 fully saturated rings. The summed E-state index contributed by atoms with van der Waals surface area (Å²) in [6, 6.07) is 52.0. The number of carbonyl (C=O) groups is 8. The van der Waals surface area contributed by atoms with Crippen molar-refractivity contribution < 1.29 is 57.3 Å². The molecule has 0 aliphatic carbocycles. The lowest BCUT2D eigenvalue weighted by atomic mass is 10.1. The van der Waals surface area contributed by atoms with Crippen LogP contribution in [-0.4, -0.2) is 197 Å². The number of likely N-dealkylation sites (N-methyl/N-ethyl adjacent to an activating group) is 1. The van der Waals surface area contributed by atoms with E-state index in [-0.39, 0.29) is 106 Å². The molecule has 734 valence electrons. The molecule has 3 aliphatic heterocycles. The lowest BCUT2D eigenvalue weighted by Gasteiger charge is -2.29. The number of hydrogen-bond acceptors (Lipinski definition) is 21. The molecule has 32 nitrogen and oxygen atoms in total. The Labute approximate surface area is 859 Å². The summed E-state index contributed by atoms with van der Waals surface area (Å²) in [5.41, 5.74) is 5.80. The van der Waals surface area contributed by atoms with Crippen molar-refractivity contribution in [1.29, 1.82) is 16.2 Å². The molecule has 3 aliphatic rings. The van der Waals surface area contributed by atoms with Gasteiger partial charge in [0.2, 0.25) is 0 Å². The number of likely N-dealkylation sites (tertiary alicyclic amines) is 2. The topological polar surface area (TPSA) is 418 Å². The maximum Gasteiger partial charge on any atom is 0.259 e. The number of amidine groups is 4. The van der Waals surface area contributed by atoms with Crippen molar-refractivity contribution in [3.63, 3.8) is 0 Å². The van der Waals surface area contributed by atoms with Crippen molar-refractivity contribution in [3.8, 4) is 23.0 Å². The van der Waals surface area contributed by atoms with E-state index in [9.17, 15) is 38.4 Å². The minimum Gasteiger partial charge on any atom is -0.492 e. The first-order chi connectivity index (χ1) is 68.2. The fourth-order valence-electron chi connectivity index (χ4n) is 14.5. The third-order valence-electron chi connectivity index (χ3n) is 21.5. The number of hydrogen-bond donors (Lipinski definition) is 11. The number of pyridine rings is 4. The van der Waals surface area contributed by atoms with E-state index in [4.69, 9.17) is 128 Å². The number of aliphatic imine (C=N–C) groups is 1. The van der Waals surface area contributed by atoms with Crippen LogP contribution < -0.4 is 61.5 Å². The van der Waals surface area contributed by atoms with Crippen molar-refractivity contribution in [2.24, 2.45) is 4.99 Å². The molecule has 4 aromatic heterocycles. The van der Waals surface area contributed by atoms with Gasteiger partial charge in [-0.15, -0.1) is 0 Å². The van der Waals surface area contributed by atoms with Crippen LogP contribution in [-0.2, 0) is 0 Å². The van der Waals surface area contributed by atoms with Crippen LogP contribution in [0, 0.1) is 16.2 Å². The molecule has 15 rings (SSSR count). The lowest BCUT2D eigenvalue weighted by Crippen LogP contribution is -2.35. The Morgan fingerprint density at radius 2 is 0.570 bits per heavy atom. The molecule has 0 bridgehead atoms. The molecule has 8 aromatic carbocycles. The third kappa shape index (κ3) is 29.1. The molecule has 7 heterocycles. The molecule has 0 radical (unpaired) electrons. The Bertz CT molecular complexity index is 6650. The quantitative estimate of drug-likeness (QED) is 0.0160. The van der Waals surface area contributed by atoms with E-state index in [0.29, 0.717) is 97.7 Å². The first-order valence-electron chi connectivity index (χ1n) is 44.7. The van der Waals surface area contributed by atoms with Gasteiger partial charge in [-0.25, -0.2) is 19.9 Å². The van der Waals surface area contributed by atoms with Gasteiger partial charge in [0.1, 0.15) is 69.6 Å². The number of anilines is 8. The summed E-state index contributed by atoms with van der Waals surface area (Å²) in [6.45, 7) is 13.5. The van der Waals surface area contributed by atoms with Crippen molar-refractivity contribution in [1.82, 2.24) is 39.5 Å². The van der Waals surface area contributed by atoms with Gasteiger partial charge < -0.3 is 81.1 Å². The number of nitrogens with zero attached hydrogens (tertiary/aromatic N) is 9. The molecule has 0 spiro atoms. The number of aromatic nitrogens is 4. The second-order valence-corrected chi connectivity index (χ2v) is 35.2. The van der Waals surface area contributed by atoms with Crippen LogP contribution in [0.25, 0.3) is 0 Å². The van der Waals surface area contributed by atoms with E-state index in [1.54, 1.807) is 198 Å². The average molecular weight is 2080 g/mol. The predicted octanol–water partition coefficient (Wildman–Crippen LogP) is 22.0. The highest BCUT2D eigenvalue weighted by Crippen LogP contribution is 2.40. The van der Waals surface area contributed by atoms with Crippen LogP contribution in [0.4, 0.5) is 46.0 Å². The first kappa shape index (κ1) is 106. The molecule has 0 unspecified atom stereocenters. The molecule has 0 atom stereocenters. The van der Waals surface area contributed by atoms with Crippen LogP contribution in [0.3, 0.4) is 0 Å². The summed E-state index contributed by atoms with van der Waals surface area (Å²) in [5, 5.41) is 49.7. The van der Waals surface area contributed by atoms with Crippen molar-refractivity contribution >= 4 is 209 Å². The first-order valence-corrected chi connectivity index (χ1v) is 47.7. The highest BCUT2D eigenvalue weighted by Gasteiger charge is 2.29. The maximum absolute atomic E-state index is 13.2. The minimum atomic E-state index is -0.539. The monoisotopic (exact) mass is 2070 g/mol. The number of benzene rings is 8. The molecule has 8 amide bonds. The Morgan fingerprint density at radius 1 is 0.317 bits per heavy atom. The zero-order valence-corrected chi connectivity index (χ0v) is 83.9. The Kier molecular flexibility index (Phi) is 38.3. The van der Waals surface area contributed by atoms with Crippen LogP contribution in [0.2, 0.25) is 40.2 Å². The van der Waals surface area contributed by atoms with Crippen LogP contribution >= 0.6 is 92.8 Å². The highest BCUT2D eigenvalue weighted by atomic mass is 35.5. The van der Waals surface area contributed by atoms with Gasteiger partial charge in [0.25, 0.3) is 47.3 Å². The molecular formula is C102H98Cl8N20O12. The number of rotatable bonds is 28. The zero-order valence-electron chi connectivity index (χ0n) is 77.8. The maximum atomic E-state index is 13.2. The van der Waals surface area contributed by atoms with Gasteiger partial charge in [0, 0.05) is 168 Å². The number of amides is 8. The second-order valence-electron chi connectivity index (χ2n) is 31.7. The molecule has 0 saturated carbocycles. The normalized spacial score (nSPS) is 12.3. The summed E-state index contributed by atoms with van der Waals surface area (Å²) in [4.78, 5) is 133. The zero-order chi connectivity index (χ0) is 102. The van der Waals surface area contributed by atoms with Crippen LogP contribution in [0.5, 0.6) is 23.0 Å². The molecule has 12 aromatic rings. The summed E-state index contributed by atoms with van der Waals surface area (Å²) in [6.07, 6.45) is 11.2. The number of nitrogens with one attached hydrogen (secondary N) is 11. The van der Waals surface area contributed by atoms with E-state index in [0.717, 1.165) is 87.5 Å². The van der Waals surface area contributed by atoms with Crippen LogP contribution in [0.1, 0.15) is 165 Å². The summed E-state index contributed by atoms with van der Waals surface area (Å²) < 4.78 is 22.7. The smallest absolute Gasteiger partial charge is 0.259 e. The molecular weight excluding hydrogens is 1980 g/mol. The summed E-state index contributed by atoms with van der Waals surface area (Å²) in [5.74, 6) is 0.492. The average Bonchev–Trinajstić information content (AvgIpc) is 0.832.